The van der Waals surface area contributed by atoms with Crippen LogP contribution in [0.2, 0.25) is 5.02 Å². The number of amides is 1. The second kappa shape index (κ2) is 3.88. The molecule has 1 aromatic carbocycles. The summed E-state index contributed by atoms with van der Waals surface area (Å²) in [6.45, 7) is -0.163. The van der Waals surface area contributed by atoms with Gasteiger partial charge in [-0.15, -0.1) is 6.42 Å². The minimum Gasteiger partial charge on any atom is -0.484 e. The highest BCUT2D eigenvalue weighted by Gasteiger charge is 2.83. The van der Waals surface area contributed by atoms with Gasteiger partial charge in [0.15, 0.2) is 6.61 Å². The zero-order valence-corrected chi connectivity index (χ0v) is 10.8. The fourth-order valence-electron chi connectivity index (χ4n) is 2.36. The number of hydrogen-bond acceptors (Lipinski definition) is 2. The van der Waals surface area contributed by atoms with Crippen LogP contribution in [0, 0.1) is 23.6 Å². The first kappa shape index (κ1) is 12.3. The number of hydrogen-bond donors (Lipinski definition) is 1. The summed E-state index contributed by atoms with van der Waals surface area (Å²) in [4.78, 5) is 11.7. The maximum atomic E-state index is 13.2. The molecule has 2 saturated carbocycles. The van der Waals surface area contributed by atoms with E-state index in [-0.39, 0.29) is 34.2 Å². The molecule has 0 radical (unpaired) electrons. The molecule has 1 amide bonds. The predicted molar refractivity (Wildman–Crippen MR) is 68.3 cm³/mol. The molecule has 2 aliphatic carbocycles. The molecule has 2 fully saturated rings. The number of nitrogens with one attached hydrogen (secondary N) is 1. The van der Waals surface area contributed by atoms with Gasteiger partial charge in [0.25, 0.3) is 5.91 Å². The molecule has 0 aliphatic heterocycles. The fourth-order valence-corrected chi connectivity index (χ4v) is 2.47. The van der Waals surface area contributed by atoms with Crippen LogP contribution in [0.3, 0.4) is 0 Å². The molecular weight excluding hydrogens is 269 g/mol. The Labute approximate surface area is 115 Å². The lowest BCUT2D eigenvalue weighted by Crippen LogP contribution is -2.34. The molecule has 0 heterocycles. The first-order valence-corrected chi connectivity index (χ1v) is 6.25. The Balaban J connectivity index is 1.52. The Morgan fingerprint density at radius 3 is 2.89 bits per heavy atom. The van der Waals surface area contributed by atoms with Gasteiger partial charge in [-0.2, -0.15) is 0 Å². The van der Waals surface area contributed by atoms with Crippen molar-refractivity contribution in [3.63, 3.8) is 0 Å². The molecule has 2 aliphatic rings. The highest BCUT2D eigenvalue weighted by atomic mass is 35.5. The minimum absolute atomic E-state index is 0.0189. The summed E-state index contributed by atoms with van der Waals surface area (Å²) in [5, 5.41) is 2.89. The molecule has 0 unspecified atom stereocenters. The van der Waals surface area contributed by atoms with E-state index in [2.05, 4.69) is 11.2 Å². The Bertz CT molecular complexity index is 602. The molecule has 0 aromatic heterocycles. The number of halogens is 2. The van der Waals surface area contributed by atoms with Gasteiger partial charge < -0.3 is 10.1 Å². The van der Waals surface area contributed by atoms with Crippen molar-refractivity contribution >= 4 is 17.5 Å². The zero-order valence-electron chi connectivity index (χ0n) is 10.0. The first-order chi connectivity index (χ1) is 9.00. The van der Waals surface area contributed by atoms with Crippen LogP contribution in [0.1, 0.15) is 12.8 Å². The molecule has 98 valence electrons. The van der Waals surface area contributed by atoms with Gasteiger partial charge in [-0.25, -0.2) is 4.39 Å². The van der Waals surface area contributed by atoms with Crippen molar-refractivity contribution < 1.29 is 13.9 Å². The number of benzene rings is 1. The van der Waals surface area contributed by atoms with E-state index in [1.165, 1.54) is 12.1 Å². The molecule has 0 bridgehead atoms. The van der Waals surface area contributed by atoms with Crippen LogP contribution in [0.25, 0.3) is 0 Å². The quantitative estimate of drug-likeness (QED) is 0.858. The maximum absolute atomic E-state index is 13.2. The number of ether oxygens (including phenoxy) is 1. The first-order valence-electron chi connectivity index (χ1n) is 5.87. The van der Waals surface area contributed by atoms with Crippen LogP contribution in [0.15, 0.2) is 18.2 Å². The number of terminal acetylenes is 1. The van der Waals surface area contributed by atoms with Crippen molar-refractivity contribution in [2.75, 3.05) is 6.61 Å². The largest absolute Gasteiger partial charge is 0.484 e. The summed E-state index contributed by atoms with van der Waals surface area (Å²) in [6, 6.07) is 4.04. The van der Waals surface area contributed by atoms with Gasteiger partial charge in [-0.3, -0.25) is 4.79 Å². The van der Waals surface area contributed by atoms with Crippen LogP contribution in [0.5, 0.6) is 5.75 Å². The molecule has 1 N–H and O–H groups in total. The van der Waals surface area contributed by atoms with Crippen LogP contribution in [0.4, 0.5) is 4.39 Å². The van der Waals surface area contributed by atoms with E-state index in [4.69, 9.17) is 22.8 Å². The topological polar surface area (TPSA) is 38.3 Å². The zero-order chi connectivity index (χ0) is 13.7. The lowest BCUT2D eigenvalue weighted by molar-refractivity contribution is -0.123. The SMILES string of the molecule is C#CC12CC1(NC(=O)COc1ccc(Cl)c(F)c1)C2. The van der Waals surface area contributed by atoms with E-state index < -0.39 is 5.82 Å². The molecule has 5 heteroatoms. The van der Waals surface area contributed by atoms with E-state index in [9.17, 15) is 9.18 Å². The van der Waals surface area contributed by atoms with Gasteiger partial charge in [-0.05, 0) is 25.0 Å². The van der Waals surface area contributed by atoms with Gasteiger partial charge in [0.1, 0.15) is 11.6 Å². The summed E-state index contributed by atoms with van der Waals surface area (Å²) in [6.07, 6.45) is 7.07. The molecular formula is C14H11ClFNO2. The highest BCUT2D eigenvalue weighted by Crippen LogP contribution is 2.78. The lowest BCUT2D eigenvalue weighted by atomic mass is 10.2. The standard InChI is InChI=1S/C14H11ClFNO2/c1-2-13-7-14(13,8-13)17-12(18)6-19-9-3-4-10(15)11(16)5-9/h1,3-5H,6-8H2,(H,17,18). The van der Waals surface area contributed by atoms with Crippen LogP contribution >= 0.6 is 11.6 Å². The van der Waals surface area contributed by atoms with Gasteiger partial charge in [0.05, 0.1) is 16.0 Å². The van der Waals surface area contributed by atoms with Crippen molar-refractivity contribution in [3.05, 3.63) is 29.0 Å². The number of carbonyl (C=O) groups excluding carboxylic acids is 1. The molecule has 3 nitrogen and oxygen atoms in total. The summed E-state index contributed by atoms with van der Waals surface area (Å²) in [5.74, 6) is 2.15. The van der Waals surface area contributed by atoms with E-state index in [1.54, 1.807) is 0 Å². The second-order valence-corrected chi connectivity index (χ2v) is 5.48. The minimum atomic E-state index is -0.575. The Morgan fingerprint density at radius 2 is 2.32 bits per heavy atom. The van der Waals surface area contributed by atoms with Crippen LogP contribution in [-0.2, 0) is 4.79 Å². The Kier molecular flexibility index (Phi) is 2.51. The highest BCUT2D eigenvalue weighted by molar-refractivity contribution is 6.30. The number of carbonyl (C=O) groups is 1. The van der Waals surface area contributed by atoms with Crippen molar-refractivity contribution in [2.45, 2.75) is 18.4 Å². The van der Waals surface area contributed by atoms with E-state index in [0.29, 0.717) is 0 Å². The van der Waals surface area contributed by atoms with Crippen molar-refractivity contribution in [3.8, 4) is 18.1 Å². The molecule has 3 rings (SSSR count). The normalized spacial score (nSPS) is 29.9. The van der Waals surface area contributed by atoms with Gasteiger partial charge in [-0.1, -0.05) is 17.5 Å². The smallest absolute Gasteiger partial charge is 0.258 e. The third-order valence-corrected chi connectivity index (χ3v) is 4.10. The average molecular weight is 280 g/mol. The summed E-state index contributed by atoms with van der Waals surface area (Å²) >= 11 is 5.55. The Hall–Kier alpha value is -1.73. The van der Waals surface area contributed by atoms with Crippen LogP contribution < -0.4 is 10.1 Å². The Morgan fingerprint density at radius 1 is 1.58 bits per heavy atom. The van der Waals surface area contributed by atoms with Gasteiger partial charge in [0.2, 0.25) is 0 Å². The van der Waals surface area contributed by atoms with E-state index in [0.717, 1.165) is 18.9 Å². The molecule has 0 atom stereocenters. The van der Waals surface area contributed by atoms with E-state index in [1.807, 2.05) is 0 Å². The molecule has 0 saturated heterocycles. The van der Waals surface area contributed by atoms with Gasteiger partial charge in [0, 0.05) is 6.07 Å². The maximum Gasteiger partial charge on any atom is 0.258 e. The summed E-state index contributed by atoms with van der Waals surface area (Å²) in [5.41, 5.74) is -0.289. The molecule has 1 aromatic rings. The third-order valence-electron chi connectivity index (χ3n) is 3.79. The average Bonchev–Trinajstić information content (AvgIpc) is 3.17. The van der Waals surface area contributed by atoms with Crippen molar-refractivity contribution in [1.82, 2.24) is 5.32 Å². The molecule has 0 spiro atoms. The summed E-state index contributed by atoms with van der Waals surface area (Å²) in [7, 11) is 0. The summed E-state index contributed by atoms with van der Waals surface area (Å²) < 4.78 is 18.4. The number of rotatable bonds is 4. The third kappa shape index (κ3) is 1.95. The van der Waals surface area contributed by atoms with Crippen LogP contribution in [-0.4, -0.2) is 18.1 Å². The van der Waals surface area contributed by atoms with Crippen molar-refractivity contribution in [2.24, 2.45) is 5.41 Å². The molecule has 19 heavy (non-hydrogen) atoms. The van der Waals surface area contributed by atoms with E-state index >= 15 is 0 Å². The predicted octanol–water partition coefficient (Wildman–Crippen LogP) is 2.14. The van der Waals surface area contributed by atoms with Gasteiger partial charge >= 0.3 is 0 Å². The lowest BCUT2D eigenvalue weighted by Gasteiger charge is -2.09. The second-order valence-electron chi connectivity index (χ2n) is 5.07. The monoisotopic (exact) mass is 279 g/mol. The fraction of sp³-hybridized carbons (Fsp3) is 0.357. The number of fused-ring (bicyclic) bond motifs is 1. The van der Waals surface area contributed by atoms with Crippen molar-refractivity contribution in [1.29, 1.82) is 0 Å².